The van der Waals surface area contributed by atoms with Crippen molar-refractivity contribution in [1.82, 2.24) is 5.16 Å². The Labute approximate surface area is 104 Å². The Balaban J connectivity index is 2.35. The molecule has 1 heterocycles. The van der Waals surface area contributed by atoms with Gasteiger partial charge in [0.15, 0.2) is 5.76 Å². The van der Waals surface area contributed by atoms with Crippen molar-refractivity contribution in [3.63, 3.8) is 0 Å². The van der Waals surface area contributed by atoms with E-state index in [4.69, 9.17) is 10.3 Å². The fourth-order valence-corrected chi connectivity index (χ4v) is 1.78. The van der Waals surface area contributed by atoms with Crippen molar-refractivity contribution in [3.05, 3.63) is 41.7 Å². The van der Waals surface area contributed by atoms with Gasteiger partial charge in [-0.25, -0.2) is 8.78 Å². The maximum Gasteiger partial charge on any atom is 0.154 e. The molecule has 0 saturated heterocycles. The number of rotatable bonds is 4. The molecule has 0 aliphatic carbocycles. The third-order valence-electron chi connectivity index (χ3n) is 2.71. The number of benzene rings is 1. The largest absolute Gasteiger partial charge is 0.359 e. The first-order chi connectivity index (χ1) is 8.63. The summed E-state index contributed by atoms with van der Waals surface area (Å²) in [5, 5.41) is 3.68. The quantitative estimate of drug-likeness (QED) is 0.907. The maximum atomic E-state index is 13.5. The highest BCUT2D eigenvalue weighted by molar-refractivity contribution is 5.60. The number of halogens is 2. The van der Waals surface area contributed by atoms with Gasteiger partial charge >= 0.3 is 0 Å². The van der Waals surface area contributed by atoms with Crippen molar-refractivity contribution < 1.29 is 13.3 Å². The lowest BCUT2D eigenvalue weighted by Crippen LogP contribution is -2.08. The minimum absolute atomic E-state index is 0.132. The Morgan fingerprint density at radius 3 is 2.61 bits per heavy atom. The molecule has 1 aromatic heterocycles. The zero-order chi connectivity index (χ0) is 13.1. The van der Waals surface area contributed by atoms with Crippen LogP contribution in [-0.4, -0.2) is 5.16 Å². The van der Waals surface area contributed by atoms with Crippen molar-refractivity contribution in [1.29, 1.82) is 0 Å². The summed E-state index contributed by atoms with van der Waals surface area (Å²) in [6.07, 6.45) is 1.62. The number of hydrogen-bond acceptors (Lipinski definition) is 3. The monoisotopic (exact) mass is 252 g/mol. The molecular formula is C13H14F2N2O. The van der Waals surface area contributed by atoms with E-state index in [9.17, 15) is 8.78 Å². The van der Waals surface area contributed by atoms with Gasteiger partial charge in [-0.05, 0) is 18.6 Å². The highest BCUT2D eigenvalue weighted by atomic mass is 19.1. The molecule has 96 valence electrons. The smallest absolute Gasteiger partial charge is 0.154 e. The molecule has 2 rings (SSSR count). The minimum atomic E-state index is -0.668. The van der Waals surface area contributed by atoms with E-state index in [1.54, 1.807) is 0 Å². The number of nitrogens with zero attached hydrogens (tertiary/aromatic N) is 1. The normalized spacial score (nSPS) is 12.7. The molecule has 1 atom stereocenters. The van der Waals surface area contributed by atoms with Gasteiger partial charge in [0, 0.05) is 6.07 Å². The molecule has 0 amide bonds. The van der Waals surface area contributed by atoms with Crippen LogP contribution in [0.1, 0.15) is 31.6 Å². The highest BCUT2D eigenvalue weighted by Gasteiger charge is 2.18. The van der Waals surface area contributed by atoms with Crippen molar-refractivity contribution >= 4 is 0 Å². The van der Waals surface area contributed by atoms with Gasteiger partial charge in [0.05, 0.1) is 11.6 Å². The van der Waals surface area contributed by atoms with Crippen LogP contribution in [0.5, 0.6) is 0 Å². The van der Waals surface area contributed by atoms with E-state index >= 15 is 0 Å². The second kappa shape index (κ2) is 5.27. The van der Waals surface area contributed by atoms with Crippen molar-refractivity contribution in [3.8, 4) is 11.3 Å². The Bertz CT molecular complexity index is 519. The van der Waals surface area contributed by atoms with Gasteiger partial charge < -0.3 is 10.3 Å². The molecule has 0 spiro atoms. The minimum Gasteiger partial charge on any atom is -0.359 e. The van der Waals surface area contributed by atoms with Gasteiger partial charge in [-0.1, -0.05) is 24.6 Å². The van der Waals surface area contributed by atoms with E-state index in [2.05, 4.69) is 5.16 Å². The van der Waals surface area contributed by atoms with Gasteiger partial charge in [-0.15, -0.1) is 0 Å². The van der Waals surface area contributed by atoms with E-state index in [0.717, 1.165) is 12.8 Å². The van der Waals surface area contributed by atoms with Gasteiger partial charge in [0.2, 0.25) is 0 Å². The molecule has 2 N–H and O–H groups in total. The van der Waals surface area contributed by atoms with Crippen LogP contribution in [0.3, 0.4) is 0 Å². The lowest BCUT2D eigenvalue weighted by molar-refractivity contribution is 0.356. The standard InChI is InChI=1S/C13H14F2N2O/c1-2-4-10(16)12-7-11(17-18-12)13-8(14)5-3-6-9(13)15/h3,5-7,10H,2,4,16H2,1H3. The van der Waals surface area contributed by atoms with Crippen molar-refractivity contribution in [2.24, 2.45) is 5.73 Å². The predicted octanol–water partition coefficient (Wildman–Crippen LogP) is 3.42. The van der Waals surface area contributed by atoms with Crippen LogP contribution in [0.15, 0.2) is 28.8 Å². The molecule has 0 fully saturated rings. The zero-order valence-corrected chi connectivity index (χ0v) is 9.99. The van der Waals surface area contributed by atoms with Gasteiger partial charge in [-0.3, -0.25) is 0 Å². The summed E-state index contributed by atoms with van der Waals surface area (Å²) in [6, 6.07) is 4.85. The van der Waals surface area contributed by atoms with Crippen molar-refractivity contribution in [2.75, 3.05) is 0 Å². The van der Waals surface area contributed by atoms with E-state index in [-0.39, 0.29) is 17.3 Å². The van der Waals surface area contributed by atoms with E-state index in [1.165, 1.54) is 24.3 Å². The average molecular weight is 252 g/mol. The molecule has 5 heteroatoms. The highest BCUT2D eigenvalue weighted by Crippen LogP contribution is 2.27. The SMILES string of the molecule is CCCC(N)c1cc(-c2c(F)cccc2F)no1. The summed E-state index contributed by atoms with van der Waals surface area (Å²) in [7, 11) is 0. The third kappa shape index (κ3) is 2.41. The van der Waals surface area contributed by atoms with E-state index in [0.29, 0.717) is 5.76 Å². The summed E-state index contributed by atoms with van der Waals surface area (Å²) >= 11 is 0. The van der Waals surface area contributed by atoms with E-state index in [1.807, 2.05) is 6.92 Å². The lowest BCUT2D eigenvalue weighted by atomic mass is 10.1. The molecular weight excluding hydrogens is 238 g/mol. The first-order valence-corrected chi connectivity index (χ1v) is 5.80. The first kappa shape index (κ1) is 12.7. The van der Waals surface area contributed by atoms with Crippen LogP contribution >= 0.6 is 0 Å². The number of nitrogens with two attached hydrogens (primary N) is 1. The van der Waals surface area contributed by atoms with Crippen LogP contribution in [-0.2, 0) is 0 Å². The van der Waals surface area contributed by atoms with Crippen LogP contribution in [0.25, 0.3) is 11.3 Å². The second-order valence-electron chi connectivity index (χ2n) is 4.11. The summed E-state index contributed by atoms with van der Waals surface area (Å²) in [6.45, 7) is 1.99. The summed E-state index contributed by atoms with van der Waals surface area (Å²) < 4.78 is 32.1. The number of aromatic nitrogens is 1. The Morgan fingerprint density at radius 2 is 2.00 bits per heavy atom. The number of hydrogen-bond donors (Lipinski definition) is 1. The van der Waals surface area contributed by atoms with Gasteiger partial charge in [-0.2, -0.15) is 0 Å². The Morgan fingerprint density at radius 1 is 1.33 bits per heavy atom. The maximum absolute atomic E-state index is 13.5. The average Bonchev–Trinajstić information content (AvgIpc) is 2.78. The predicted molar refractivity (Wildman–Crippen MR) is 63.7 cm³/mol. The fourth-order valence-electron chi connectivity index (χ4n) is 1.78. The molecule has 0 aliphatic heterocycles. The van der Waals surface area contributed by atoms with Crippen molar-refractivity contribution in [2.45, 2.75) is 25.8 Å². The molecule has 18 heavy (non-hydrogen) atoms. The van der Waals surface area contributed by atoms with Crippen LogP contribution < -0.4 is 5.73 Å². The molecule has 0 radical (unpaired) electrons. The summed E-state index contributed by atoms with van der Waals surface area (Å²) in [4.78, 5) is 0. The van der Waals surface area contributed by atoms with E-state index < -0.39 is 11.6 Å². The first-order valence-electron chi connectivity index (χ1n) is 5.80. The molecule has 3 nitrogen and oxygen atoms in total. The lowest BCUT2D eigenvalue weighted by Gasteiger charge is -2.03. The van der Waals surface area contributed by atoms with Gasteiger partial charge in [0.1, 0.15) is 17.3 Å². The van der Waals surface area contributed by atoms with Crippen LogP contribution in [0.2, 0.25) is 0 Å². The molecule has 0 saturated carbocycles. The molecule has 0 aliphatic rings. The molecule has 0 bridgehead atoms. The summed E-state index contributed by atoms with van der Waals surface area (Å²) in [5.41, 5.74) is 5.80. The third-order valence-corrected chi connectivity index (χ3v) is 2.71. The topological polar surface area (TPSA) is 52.0 Å². The second-order valence-corrected chi connectivity index (χ2v) is 4.11. The summed E-state index contributed by atoms with van der Waals surface area (Å²) in [5.74, 6) is -0.896. The van der Waals surface area contributed by atoms with Crippen LogP contribution in [0, 0.1) is 11.6 Å². The van der Waals surface area contributed by atoms with Gasteiger partial charge in [0.25, 0.3) is 0 Å². The Hall–Kier alpha value is -1.75. The fraction of sp³-hybridized carbons (Fsp3) is 0.308. The Kier molecular flexibility index (Phi) is 3.72. The molecule has 1 unspecified atom stereocenters. The van der Waals surface area contributed by atoms with Crippen LogP contribution in [0.4, 0.5) is 8.78 Å². The zero-order valence-electron chi connectivity index (χ0n) is 9.99. The molecule has 2 aromatic rings. The molecule has 1 aromatic carbocycles.